The van der Waals surface area contributed by atoms with Crippen LogP contribution in [-0.4, -0.2) is 0 Å². The van der Waals surface area contributed by atoms with Crippen LogP contribution in [0.1, 0.15) is 312 Å². The molecular formula is C136H160. The molecule has 136 heavy (non-hydrogen) atoms. The Morgan fingerprint density at radius 2 is 0.162 bits per heavy atom. The molecule has 0 fully saturated rings. The summed E-state index contributed by atoms with van der Waals surface area (Å²) in [6, 6.07) is 0. The van der Waals surface area contributed by atoms with E-state index in [-0.39, 0.29) is 0 Å². The van der Waals surface area contributed by atoms with E-state index in [1.165, 1.54) is 455 Å². The minimum absolute atomic E-state index is 0.986. The fourth-order valence-corrected chi connectivity index (χ4v) is 27.6. The highest BCUT2D eigenvalue weighted by Crippen LogP contribution is 2.63. The summed E-state index contributed by atoms with van der Waals surface area (Å²) in [5.74, 6) is 0. The molecule has 2 aliphatic carbocycles. The van der Waals surface area contributed by atoms with Gasteiger partial charge in [0.05, 0.1) is 0 Å². The second-order valence-corrected chi connectivity index (χ2v) is 44.5. The molecule has 0 N–H and O–H groups in total. The van der Waals surface area contributed by atoms with Crippen molar-refractivity contribution in [1.29, 1.82) is 0 Å². The standard InChI is InChI=1S/C73H86.C63H74/c1-30-33(4)45(16)60(46(17)34(30)5)62-55(26)63(61-47(18)35(6)31(2)36(7)48(61)19)57(28)64(56(62)27)72-66-50(21)38(9)40(11)52(23)68(66)73(69-53(24)41(12)39(10)51(22)67(69)72)70-54(25)42(13)44(15)59-29-58-43(14)32(3)37(8)49(20)65(58)71(59)70;1-26-28(3)38(13)52(39(14)29(26)4)53-46(21)48(23)54(49(24)47(53)22)62-56-41(16)31(6)33(8)43(18)58(56)63(59-44(19)34(9)32(7)42(17)57(59)62)60-45(20)35(10)37(12)51-25-50-36(11)27(2)30(5)40(15)55(50)61(51)60/h29H2,1-28H3;25H2,1-24H3. The number of rotatable bonds is 7. The van der Waals surface area contributed by atoms with E-state index < -0.39 is 0 Å². The summed E-state index contributed by atoms with van der Waals surface area (Å²) >= 11 is 0. The summed E-state index contributed by atoms with van der Waals surface area (Å²) in [4.78, 5) is 0. The Morgan fingerprint density at radius 1 is 0.0662 bits per heavy atom. The first kappa shape index (κ1) is 98.4. The van der Waals surface area contributed by atoms with Gasteiger partial charge < -0.3 is 0 Å². The van der Waals surface area contributed by atoms with Crippen molar-refractivity contribution in [2.45, 2.75) is 373 Å². The van der Waals surface area contributed by atoms with Gasteiger partial charge in [-0.25, -0.2) is 0 Å². The minimum atomic E-state index is 0.986. The molecule has 0 aliphatic heterocycles. The van der Waals surface area contributed by atoms with Crippen molar-refractivity contribution >= 4 is 43.1 Å². The van der Waals surface area contributed by atoms with Crippen molar-refractivity contribution in [1.82, 2.24) is 0 Å². The molecular weight excluding hydrogens is 1630 g/mol. The van der Waals surface area contributed by atoms with Gasteiger partial charge in [-0.15, -0.1) is 0 Å². The molecule has 2 aliphatic rings. The van der Waals surface area contributed by atoms with Crippen LogP contribution >= 0.6 is 0 Å². The van der Waals surface area contributed by atoms with Crippen molar-refractivity contribution < 1.29 is 0 Å². The zero-order valence-electron chi connectivity index (χ0n) is 94.4. The third-order valence-corrected chi connectivity index (χ3v) is 40.2. The average molecular weight is 1790 g/mol. The molecule has 17 rings (SSSR count). The Hall–Kier alpha value is -10.7. The van der Waals surface area contributed by atoms with E-state index in [0.717, 1.165) is 12.8 Å². The highest BCUT2D eigenvalue weighted by Gasteiger charge is 2.41. The fourth-order valence-electron chi connectivity index (χ4n) is 27.6. The highest BCUT2D eigenvalue weighted by atomic mass is 14.4. The van der Waals surface area contributed by atoms with Crippen LogP contribution in [0.2, 0.25) is 0 Å². The Balaban J connectivity index is 0.000000199. The Kier molecular flexibility index (Phi) is 24.3. The Labute approximate surface area is 821 Å². The van der Waals surface area contributed by atoms with E-state index in [0.29, 0.717) is 0 Å². The third kappa shape index (κ3) is 13.0. The lowest BCUT2D eigenvalue weighted by molar-refractivity contribution is 1.12. The lowest BCUT2D eigenvalue weighted by Gasteiger charge is -2.32. The van der Waals surface area contributed by atoms with Crippen LogP contribution in [0.15, 0.2) is 0 Å². The van der Waals surface area contributed by atoms with Gasteiger partial charge >= 0.3 is 0 Å². The lowest BCUT2D eigenvalue weighted by Crippen LogP contribution is -2.10. The first-order chi connectivity index (χ1) is 63.3. The van der Waals surface area contributed by atoms with Gasteiger partial charge in [0.2, 0.25) is 0 Å². The van der Waals surface area contributed by atoms with Crippen molar-refractivity contribution in [3.63, 3.8) is 0 Å². The van der Waals surface area contributed by atoms with E-state index >= 15 is 0 Å². The zero-order chi connectivity index (χ0) is 101. The van der Waals surface area contributed by atoms with Gasteiger partial charge in [0.15, 0.2) is 0 Å². The summed E-state index contributed by atoms with van der Waals surface area (Å²) in [5.41, 5.74) is 106. The third-order valence-electron chi connectivity index (χ3n) is 40.2. The summed E-state index contributed by atoms with van der Waals surface area (Å²) < 4.78 is 0. The molecule has 0 heterocycles. The predicted octanol–water partition coefficient (Wildman–Crippen LogP) is 38.8. The quantitative estimate of drug-likeness (QED) is 0.140. The molecule has 0 bridgehead atoms. The summed E-state index contributed by atoms with van der Waals surface area (Å²) in [7, 11) is 0. The Morgan fingerprint density at radius 3 is 0.346 bits per heavy atom. The SMILES string of the molecule is Cc1c(C)c(C)c(-c2c(C)c(-c3c(C)c(C)c(C)c(C)c3C)c(C)c(-c3c4c(C)c(C)c(C)c(C)c4c(-c4c(C)c(C)c(C)c5c4-c4c(C)c(C)c(C)c(C)c4C5)c4c(C)c(C)c(C)c(C)c34)c2C)c(C)c1C.Cc1c(C)c(C)c(-c2c(C)c(C)c(-c3c4c(C)c(C)c(C)c(C)c4c(-c4c(C)c(C)c(C)c5c4-c4c(C)c(C)c(C)c(C)c4C5)c4c(C)c(C)c(C)c(C)c34)c(C)c2C)c(C)c1C. The monoisotopic (exact) mass is 1790 g/mol. The van der Waals surface area contributed by atoms with E-state index in [4.69, 9.17) is 0 Å². The average Bonchev–Trinajstić information content (AvgIpc) is 1.38. The number of hydrogen-bond acceptors (Lipinski definition) is 0. The van der Waals surface area contributed by atoms with Gasteiger partial charge in [-0.05, 0) is 828 Å². The lowest BCUT2D eigenvalue weighted by atomic mass is 9.71. The molecule has 0 radical (unpaired) electrons. The highest BCUT2D eigenvalue weighted by molar-refractivity contribution is 6.30. The van der Waals surface area contributed by atoms with Gasteiger partial charge in [-0.2, -0.15) is 0 Å². The van der Waals surface area contributed by atoms with Crippen molar-refractivity contribution in [2.75, 3.05) is 0 Å². The topological polar surface area (TPSA) is 0 Å². The maximum absolute atomic E-state index is 2.49. The minimum Gasteiger partial charge on any atom is -0.0447 e. The number of benzene rings is 15. The maximum Gasteiger partial charge on any atom is -0.000766 e. The number of aryl methyl sites for hydroxylation is 8. The van der Waals surface area contributed by atoms with E-state index in [2.05, 4.69) is 360 Å². The van der Waals surface area contributed by atoms with Crippen LogP contribution in [0.5, 0.6) is 0 Å². The first-order valence-electron chi connectivity index (χ1n) is 51.2. The molecule has 704 valence electrons. The van der Waals surface area contributed by atoms with Crippen LogP contribution in [0, 0.1) is 360 Å². The van der Waals surface area contributed by atoms with Crippen LogP contribution in [0.4, 0.5) is 0 Å². The Bertz CT molecular complexity index is 7770. The van der Waals surface area contributed by atoms with Crippen molar-refractivity contribution in [3.05, 3.63) is 312 Å². The van der Waals surface area contributed by atoms with Crippen LogP contribution in [-0.2, 0) is 12.8 Å². The van der Waals surface area contributed by atoms with E-state index in [1.54, 1.807) is 0 Å². The molecule has 0 amide bonds. The smallest absolute Gasteiger partial charge is 0.000766 e. The van der Waals surface area contributed by atoms with Crippen molar-refractivity contribution in [3.8, 4) is 100 Å². The summed E-state index contributed by atoms with van der Waals surface area (Å²) in [6.45, 7) is 125. The number of hydrogen-bond donors (Lipinski definition) is 0. The molecule has 0 spiro atoms. The van der Waals surface area contributed by atoms with Crippen molar-refractivity contribution in [2.24, 2.45) is 0 Å². The fraction of sp³-hybridized carbons (Fsp3) is 0.397. The second kappa shape index (κ2) is 33.6. The van der Waals surface area contributed by atoms with Gasteiger partial charge in [0.1, 0.15) is 0 Å². The summed E-state index contributed by atoms with van der Waals surface area (Å²) in [5, 5.41) is 11.5. The predicted molar refractivity (Wildman–Crippen MR) is 604 cm³/mol. The largest absolute Gasteiger partial charge is 0.0447 e. The van der Waals surface area contributed by atoms with Gasteiger partial charge in [0.25, 0.3) is 0 Å². The van der Waals surface area contributed by atoms with Gasteiger partial charge in [0, 0.05) is 0 Å². The molecule has 15 aromatic rings. The summed E-state index contributed by atoms with van der Waals surface area (Å²) in [6.07, 6.45) is 1.99. The number of fused-ring (bicyclic) bond motifs is 10. The second-order valence-electron chi connectivity index (χ2n) is 44.5. The first-order valence-corrected chi connectivity index (χ1v) is 51.2. The molecule has 0 heteroatoms. The maximum atomic E-state index is 2.49. The van der Waals surface area contributed by atoms with Gasteiger partial charge in [-0.1, -0.05) is 0 Å². The molecule has 0 unspecified atom stereocenters. The molecule has 0 saturated carbocycles. The van der Waals surface area contributed by atoms with E-state index in [9.17, 15) is 0 Å². The van der Waals surface area contributed by atoms with Crippen LogP contribution < -0.4 is 0 Å². The van der Waals surface area contributed by atoms with E-state index in [1.807, 2.05) is 0 Å². The molecule has 0 aromatic heterocycles. The molecule has 0 nitrogen and oxygen atoms in total. The normalized spacial score (nSPS) is 12.4. The van der Waals surface area contributed by atoms with Gasteiger partial charge in [-0.3, -0.25) is 0 Å². The van der Waals surface area contributed by atoms with Crippen LogP contribution in [0.25, 0.3) is 143 Å². The zero-order valence-corrected chi connectivity index (χ0v) is 94.4. The molecule has 0 atom stereocenters. The molecule has 15 aromatic carbocycles. The molecule has 0 saturated heterocycles. The van der Waals surface area contributed by atoms with Crippen LogP contribution in [0.3, 0.4) is 0 Å².